The van der Waals surface area contributed by atoms with Gasteiger partial charge in [0.2, 0.25) is 11.0 Å². The summed E-state index contributed by atoms with van der Waals surface area (Å²) >= 11 is 4.90. The maximum Gasteiger partial charge on any atom is 0.335 e. The average molecular weight is 471 g/mol. The maximum absolute atomic E-state index is 11.1. The van der Waals surface area contributed by atoms with Crippen LogP contribution in [0.4, 0.5) is 5.69 Å². The van der Waals surface area contributed by atoms with Crippen molar-refractivity contribution in [2.75, 3.05) is 11.1 Å². The van der Waals surface area contributed by atoms with Crippen LogP contribution in [-0.2, 0) is 0 Å². The zero-order chi connectivity index (χ0) is 20.4. The Labute approximate surface area is 179 Å². The van der Waals surface area contributed by atoms with Crippen molar-refractivity contribution >= 4 is 39.3 Å². The number of ether oxygens (including phenoxy) is 1. The van der Waals surface area contributed by atoms with Crippen molar-refractivity contribution < 1.29 is 14.6 Å². The lowest BCUT2D eigenvalue weighted by Crippen LogP contribution is -2.17. The molecule has 0 radical (unpaired) electrons. The minimum absolute atomic E-state index is 0.208. The van der Waals surface area contributed by atoms with Crippen molar-refractivity contribution in [3.8, 4) is 17.1 Å². The van der Waals surface area contributed by atoms with E-state index in [4.69, 9.17) is 9.84 Å². The Kier molecular flexibility index (Phi) is 5.50. The Morgan fingerprint density at radius 2 is 2.07 bits per heavy atom. The zero-order valence-electron chi connectivity index (χ0n) is 15.0. The van der Waals surface area contributed by atoms with Crippen LogP contribution in [0.2, 0.25) is 0 Å². The van der Waals surface area contributed by atoms with Crippen molar-refractivity contribution in [2.24, 2.45) is 0 Å². The molecule has 0 amide bonds. The second-order valence-corrected chi connectivity index (χ2v) is 8.01. The first-order chi connectivity index (χ1) is 14.0. The second-order valence-electron chi connectivity index (χ2n) is 6.11. The van der Waals surface area contributed by atoms with E-state index in [9.17, 15) is 4.79 Å². The number of carboxylic acids is 1. The van der Waals surface area contributed by atoms with Gasteiger partial charge in [-0.2, -0.15) is 4.98 Å². The fourth-order valence-corrected chi connectivity index (χ4v) is 3.69. The molecule has 0 saturated heterocycles. The first kappa shape index (κ1) is 19.4. The van der Waals surface area contributed by atoms with E-state index in [-0.39, 0.29) is 5.56 Å². The van der Waals surface area contributed by atoms with Gasteiger partial charge in [0.05, 0.1) is 5.56 Å². The number of nitrogens with one attached hydrogen (secondary N) is 1. The van der Waals surface area contributed by atoms with Crippen molar-refractivity contribution in [1.82, 2.24) is 15.2 Å². The summed E-state index contributed by atoms with van der Waals surface area (Å²) in [5, 5.41) is 21.5. The molecule has 0 aliphatic carbocycles. The fraction of sp³-hybridized carbons (Fsp3) is 0.100. The minimum Gasteiger partial charge on any atom is -0.478 e. The van der Waals surface area contributed by atoms with Crippen LogP contribution in [0, 0.1) is 0 Å². The summed E-state index contributed by atoms with van der Waals surface area (Å²) < 4.78 is 7.05. The number of rotatable bonds is 5. The number of thioether (sulfide) groups is 1. The van der Waals surface area contributed by atoms with E-state index < -0.39 is 12.2 Å². The van der Waals surface area contributed by atoms with Crippen LogP contribution in [-0.4, -0.2) is 32.0 Å². The SMILES string of the molecule is C=CCSc1nnc2c(n1)O[C@@H](c1ccc(C(=O)O)cc1)Nc1ccc(Br)cc1-2. The van der Waals surface area contributed by atoms with Gasteiger partial charge >= 0.3 is 5.97 Å². The summed E-state index contributed by atoms with van der Waals surface area (Å²) in [6.07, 6.45) is 1.19. The summed E-state index contributed by atoms with van der Waals surface area (Å²) in [5.74, 6) is 0.0249. The molecular formula is C20H15BrN4O3S. The fourth-order valence-electron chi connectivity index (χ4n) is 2.82. The van der Waals surface area contributed by atoms with Gasteiger partial charge in [-0.3, -0.25) is 0 Å². The van der Waals surface area contributed by atoms with Crippen LogP contribution in [0.25, 0.3) is 11.3 Å². The summed E-state index contributed by atoms with van der Waals surface area (Å²) in [7, 11) is 0. The molecule has 7 nitrogen and oxygen atoms in total. The molecule has 1 aromatic heterocycles. The summed E-state index contributed by atoms with van der Waals surface area (Å²) in [4.78, 5) is 15.7. The van der Waals surface area contributed by atoms with E-state index in [2.05, 4.69) is 43.0 Å². The summed E-state index contributed by atoms with van der Waals surface area (Å²) in [6, 6.07) is 12.3. The Balaban J connectivity index is 1.78. The number of benzene rings is 2. The molecule has 9 heteroatoms. The van der Waals surface area contributed by atoms with Gasteiger partial charge in [0.15, 0.2) is 11.9 Å². The highest BCUT2D eigenvalue weighted by Crippen LogP contribution is 2.40. The number of aromatic carboxylic acids is 1. The number of anilines is 1. The molecular weight excluding hydrogens is 456 g/mol. The van der Waals surface area contributed by atoms with Gasteiger partial charge in [-0.05, 0) is 30.3 Å². The van der Waals surface area contributed by atoms with E-state index in [0.29, 0.717) is 22.5 Å². The van der Waals surface area contributed by atoms with E-state index in [1.165, 1.54) is 11.8 Å². The highest BCUT2D eigenvalue weighted by atomic mass is 79.9. The molecule has 2 aromatic carbocycles. The predicted molar refractivity (Wildman–Crippen MR) is 114 cm³/mol. The number of aromatic nitrogens is 3. The topological polar surface area (TPSA) is 97.2 Å². The zero-order valence-corrected chi connectivity index (χ0v) is 17.4. The van der Waals surface area contributed by atoms with E-state index >= 15 is 0 Å². The number of nitrogens with zero attached hydrogens (tertiary/aromatic N) is 3. The predicted octanol–water partition coefficient (Wildman–Crippen LogP) is 4.78. The van der Waals surface area contributed by atoms with E-state index in [1.54, 1.807) is 30.3 Å². The van der Waals surface area contributed by atoms with Gasteiger partial charge in [-0.1, -0.05) is 45.9 Å². The average Bonchev–Trinajstić information content (AvgIpc) is 2.88. The van der Waals surface area contributed by atoms with E-state index in [0.717, 1.165) is 21.3 Å². The molecule has 0 fully saturated rings. The molecule has 2 heterocycles. The van der Waals surface area contributed by atoms with Gasteiger partial charge in [0, 0.05) is 27.0 Å². The Bertz CT molecular complexity index is 1090. The monoisotopic (exact) mass is 470 g/mol. The molecule has 0 spiro atoms. The first-order valence-corrected chi connectivity index (χ1v) is 10.4. The highest BCUT2D eigenvalue weighted by Gasteiger charge is 2.26. The number of carbonyl (C=O) groups is 1. The quantitative estimate of drug-likeness (QED) is 0.406. The standard InChI is InChI=1S/C20H15BrN4O3S/c1-2-9-29-20-23-18-16(24-25-20)14-10-13(21)7-8-15(14)22-17(28-18)11-3-5-12(6-4-11)19(26)27/h2-8,10,17,22H,1,9H2,(H,26,27)/t17-/m0/s1. The van der Waals surface area contributed by atoms with Gasteiger partial charge in [-0.15, -0.1) is 16.8 Å². The van der Waals surface area contributed by atoms with Crippen LogP contribution < -0.4 is 10.1 Å². The number of carboxylic acid groups (broad SMARTS) is 1. The molecule has 0 saturated carbocycles. The molecule has 1 aliphatic heterocycles. The third-order valence-corrected chi connectivity index (χ3v) is 5.51. The molecule has 1 atom stereocenters. The van der Waals surface area contributed by atoms with Crippen molar-refractivity contribution in [1.29, 1.82) is 0 Å². The smallest absolute Gasteiger partial charge is 0.335 e. The second kappa shape index (κ2) is 8.22. The molecule has 146 valence electrons. The normalized spacial score (nSPS) is 14.6. The number of fused-ring (bicyclic) bond motifs is 3. The molecule has 3 aromatic rings. The van der Waals surface area contributed by atoms with Gasteiger partial charge in [0.1, 0.15) is 0 Å². The Morgan fingerprint density at radius 1 is 1.28 bits per heavy atom. The minimum atomic E-state index is -0.979. The molecule has 1 aliphatic rings. The van der Waals surface area contributed by atoms with Crippen LogP contribution in [0.1, 0.15) is 22.1 Å². The molecule has 0 bridgehead atoms. The van der Waals surface area contributed by atoms with Crippen LogP contribution >= 0.6 is 27.7 Å². The number of halogens is 1. The Hall–Kier alpha value is -2.91. The van der Waals surface area contributed by atoms with Gasteiger partial charge in [0.25, 0.3) is 0 Å². The van der Waals surface area contributed by atoms with Gasteiger partial charge in [-0.25, -0.2) is 4.79 Å². The van der Waals surface area contributed by atoms with Crippen LogP contribution in [0.5, 0.6) is 5.88 Å². The lowest BCUT2D eigenvalue weighted by molar-refractivity contribution is 0.0696. The number of hydrogen-bond acceptors (Lipinski definition) is 7. The lowest BCUT2D eigenvalue weighted by atomic mass is 10.1. The highest BCUT2D eigenvalue weighted by molar-refractivity contribution is 9.10. The molecule has 4 rings (SSSR count). The summed E-state index contributed by atoms with van der Waals surface area (Å²) in [6.45, 7) is 3.70. The largest absolute Gasteiger partial charge is 0.478 e. The van der Waals surface area contributed by atoms with Crippen LogP contribution in [0.15, 0.2) is 64.7 Å². The summed E-state index contributed by atoms with van der Waals surface area (Å²) in [5.41, 5.74) is 3.11. The number of hydrogen-bond donors (Lipinski definition) is 2. The first-order valence-electron chi connectivity index (χ1n) is 8.60. The van der Waals surface area contributed by atoms with E-state index in [1.807, 2.05) is 18.2 Å². The third-order valence-electron chi connectivity index (χ3n) is 4.18. The molecule has 2 N–H and O–H groups in total. The van der Waals surface area contributed by atoms with Crippen molar-refractivity contribution in [2.45, 2.75) is 11.4 Å². The molecule has 29 heavy (non-hydrogen) atoms. The lowest BCUT2D eigenvalue weighted by Gasteiger charge is -2.19. The molecule has 0 unspecified atom stereocenters. The van der Waals surface area contributed by atoms with Crippen molar-refractivity contribution in [3.05, 3.63) is 70.7 Å². The Morgan fingerprint density at radius 3 is 2.79 bits per heavy atom. The van der Waals surface area contributed by atoms with Crippen molar-refractivity contribution in [3.63, 3.8) is 0 Å². The van der Waals surface area contributed by atoms with Crippen LogP contribution in [0.3, 0.4) is 0 Å². The maximum atomic E-state index is 11.1. The third kappa shape index (κ3) is 4.10. The van der Waals surface area contributed by atoms with Gasteiger partial charge < -0.3 is 15.2 Å².